The first-order valence-corrected chi connectivity index (χ1v) is 7.05. The lowest BCUT2D eigenvalue weighted by Gasteiger charge is -2.19. The van der Waals surface area contributed by atoms with Gasteiger partial charge < -0.3 is 10.1 Å². The molecule has 0 bridgehead atoms. The van der Waals surface area contributed by atoms with Gasteiger partial charge >= 0.3 is 0 Å². The lowest BCUT2D eigenvalue weighted by atomic mass is 10.0. The predicted octanol–water partition coefficient (Wildman–Crippen LogP) is 4.16. The molecule has 2 rings (SSSR count). The van der Waals surface area contributed by atoms with Gasteiger partial charge in [-0.25, -0.2) is 0 Å². The van der Waals surface area contributed by atoms with E-state index in [0.29, 0.717) is 0 Å². The van der Waals surface area contributed by atoms with E-state index in [9.17, 15) is 0 Å². The molecule has 0 radical (unpaired) electrons. The summed E-state index contributed by atoms with van der Waals surface area (Å²) in [6.45, 7) is 7.37. The summed E-state index contributed by atoms with van der Waals surface area (Å²) in [6.07, 6.45) is 0. The molecule has 2 nitrogen and oxygen atoms in total. The second-order valence-corrected chi connectivity index (χ2v) is 5.21. The van der Waals surface area contributed by atoms with Gasteiger partial charge in [0.2, 0.25) is 0 Å². The van der Waals surface area contributed by atoms with Crippen molar-refractivity contribution >= 4 is 0 Å². The van der Waals surface area contributed by atoms with Crippen molar-refractivity contribution in [3.63, 3.8) is 0 Å². The van der Waals surface area contributed by atoms with Gasteiger partial charge in [0.05, 0.1) is 7.11 Å². The second kappa shape index (κ2) is 6.58. The molecule has 0 spiro atoms. The lowest BCUT2D eigenvalue weighted by Crippen LogP contribution is -2.19. The minimum absolute atomic E-state index is 0.255. The van der Waals surface area contributed by atoms with E-state index in [-0.39, 0.29) is 6.04 Å². The van der Waals surface area contributed by atoms with Gasteiger partial charge in [0, 0.05) is 18.2 Å². The fourth-order valence-electron chi connectivity index (χ4n) is 2.52. The van der Waals surface area contributed by atoms with E-state index >= 15 is 0 Å². The molecule has 0 unspecified atom stereocenters. The number of hydrogen-bond donors (Lipinski definition) is 1. The Hall–Kier alpha value is -1.80. The molecule has 0 fully saturated rings. The highest BCUT2D eigenvalue weighted by Crippen LogP contribution is 2.25. The van der Waals surface area contributed by atoms with Crippen LogP contribution in [0.15, 0.2) is 42.5 Å². The van der Waals surface area contributed by atoms with Crippen molar-refractivity contribution in [3.05, 3.63) is 64.7 Å². The molecule has 0 amide bonds. The Labute approximate surface area is 121 Å². The van der Waals surface area contributed by atoms with Crippen molar-refractivity contribution in [2.24, 2.45) is 0 Å². The fraction of sp³-hybridized carbons (Fsp3) is 0.333. The number of ether oxygens (including phenoxy) is 1. The molecular formula is C18H23NO. The minimum Gasteiger partial charge on any atom is -0.496 e. The van der Waals surface area contributed by atoms with E-state index in [2.05, 4.69) is 56.4 Å². The highest BCUT2D eigenvalue weighted by Gasteiger charge is 2.11. The number of aryl methyl sites for hydroxylation is 2. The zero-order valence-electron chi connectivity index (χ0n) is 12.7. The van der Waals surface area contributed by atoms with Crippen LogP contribution in [0.25, 0.3) is 0 Å². The zero-order chi connectivity index (χ0) is 14.5. The number of para-hydroxylation sites is 1. The summed E-state index contributed by atoms with van der Waals surface area (Å²) < 4.78 is 5.43. The Bertz CT molecular complexity index is 557. The number of nitrogens with one attached hydrogen (secondary N) is 1. The van der Waals surface area contributed by atoms with E-state index in [0.717, 1.165) is 12.3 Å². The normalized spacial score (nSPS) is 12.2. The summed E-state index contributed by atoms with van der Waals surface area (Å²) in [7, 11) is 1.72. The van der Waals surface area contributed by atoms with Crippen LogP contribution < -0.4 is 10.1 Å². The molecule has 0 heterocycles. The number of rotatable bonds is 5. The standard InChI is InChI=1S/C18H23NO/c1-13-8-7-9-14(2)17(13)12-19-15(3)16-10-5-6-11-18(16)20-4/h5-11,15,19H,12H2,1-4H3/t15-/m1/s1. The van der Waals surface area contributed by atoms with Crippen molar-refractivity contribution in [3.8, 4) is 5.75 Å². The molecule has 2 aromatic rings. The molecule has 1 N–H and O–H groups in total. The van der Waals surface area contributed by atoms with Gasteiger partial charge in [0.15, 0.2) is 0 Å². The van der Waals surface area contributed by atoms with Crippen LogP contribution in [0.4, 0.5) is 0 Å². The maximum atomic E-state index is 5.43. The average Bonchev–Trinajstić information content (AvgIpc) is 2.46. The van der Waals surface area contributed by atoms with E-state index in [1.165, 1.54) is 22.3 Å². The molecular weight excluding hydrogens is 246 g/mol. The topological polar surface area (TPSA) is 21.3 Å². The number of benzene rings is 2. The molecule has 0 saturated carbocycles. The Balaban J connectivity index is 2.11. The molecule has 0 saturated heterocycles. The SMILES string of the molecule is COc1ccccc1[C@@H](C)NCc1c(C)cccc1C. The first kappa shape index (κ1) is 14.6. The third-order valence-electron chi connectivity index (χ3n) is 3.83. The van der Waals surface area contributed by atoms with Crippen molar-refractivity contribution in [1.82, 2.24) is 5.32 Å². The Morgan fingerprint density at radius 2 is 1.65 bits per heavy atom. The van der Waals surface area contributed by atoms with Crippen LogP contribution in [0.2, 0.25) is 0 Å². The van der Waals surface area contributed by atoms with Gasteiger partial charge in [0.1, 0.15) is 5.75 Å². The summed E-state index contributed by atoms with van der Waals surface area (Å²) in [6, 6.07) is 14.9. The molecule has 0 aliphatic carbocycles. The van der Waals surface area contributed by atoms with Gasteiger partial charge in [0.25, 0.3) is 0 Å². The molecule has 0 aromatic heterocycles. The van der Waals surface area contributed by atoms with Crippen LogP contribution >= 0.6 is 0 Å². The van der Waals surface area contributed by atoms with Crippen molar-refractivity contribution in [2.45, 2.75) is 33.4 Å². The summed E-state index contributed by atoms with van der Waals surface area (Å²) in [5.74, 6) is 0.939. The third kappa shape index (κ3) is 3.20. The van der Waals surface area contributed by atoms with Gasteiger partial charge in [-0.3, -0.25) is 0 Å². The fourth-order valence-corrected chi connectivity index (χ4v) is 2.52. The Morgan fingerprint density at radius 1 is 1.00 bits per heavy atom. The van der Waals surface area contributed by atoms with Crippen LogP contribution in [0.3, 0.4) is 0 Å². The summed E-state index contributed by atoms with van der Waals surface area (Å²) >= 11 is 0. The van der Waals surface area contributed by atoms with Gasteiger partial charge in [-0.2, -0.15) is 0 Å². The third-order valence-corrected chi connectivity index (χ3v) is 3.83. The smallest absolute Gasteiger partial charge is 0.123 e. The van der Waals surface area contributed by atoms with E-state index < -0.39 is 0 Å². The number of methoxy groups -OCH3 is 1. The largest absolute Gasteiger partial charge is 0.496 e. The first-order valence-electron chi connectivity index (χ1n) is 7.05. The van der Waals surface area contributed by atoms with E-state index in [1.54, 1.807) is 7.11 Å². The maximum absolute atomic E-state index is 5.43. The van der Waals surface area contributed by atoms with Crippen molar-refractivity contribution in [1.29, 1.82) is 0 Å². The minimum atomic E-state index is 0.255. The predicted molar refractivity (Wildman–Crippen MR) is 84.2 cm³/mol. The molecule has 20 heavy (non-hydrogen) atoms. The molecule has 0 aliphatic rings. The monoisotopic (exact) mass is 269 g/mol. The van der Waals surface area contributed by atoms with Gasteiger partial charge in [-0.15, -0.1) is 0 Å². The van der Waals surface area contributed by atoms with Gasteiger partial charge in [-0.1, -0.05) is 36.4 Å². The lowest BCUT2D eigenvalue weighted by molar-refractivity contribution is 0.401. The summed E-state index contributed by atoms with van der Waals surface area (Å²) in [5, 5.41) is 3.59. The molecule has 0 aliphatic heterocycles. The molecule has 2 heteroatoms. The summed E-state index contributed by atoms with van der Waals surface area (Å²) in [5.41, 5.74) is 5.25. The number of hydrogen-bond acceptors (Lipinski definition) is 2. The van der Waals surface area contributed by atoms with Crippen molar-refractivity contribution in [2.75, 3.05) is 7.11 Å². The Morgan fingerprint density at radius 3 is 2.30 bits per heavy atom. The first-order chi connectivity index (χ1) is 9.63. The van der Waals surface area contributed by atoms with Crippen molar-refractivity contribution < 1.29 is 4.74 Å². The molecule has 2 aromatic carbocycles. The Kier molecular flexibility index (Phi) is 4.80. The van der Waals surface area contributed by atoms with Crippen LogP contribution in [0, 0.1) is 13.8 Å². The quantitative estimate of drug-likeness (QED) is 0.880. The summed E-state index contributed by atoms with van der Waals surface area (Å²) in [4.78, 5) is 0. The maximum Gasteiger partial charge on any atom is 0.123 e. The highest BCUT2D eigenvalue weighted by atomic mass is 16.5. The molecule has 106 valence electrons. The van der Waals surface area contributed by atoms with Gasteiger partial charge in [-0.05, 0) is 43.5 Å². The zero-order valence-corrected chi connectivity index (χ0v) is 12.7. The van der Waals surface area contributed by atoms with Crippen LogP contribution in [-0.2, 0) is 6.54 Å². The van der Waals surface area contributed by atoms with Crippen LogP contribution in [0.5, 0.6) is 5.75 Å². The highest BCUT2D eigenvalue weighted by molar-refractivity contribution is 5.36. The van der Waals surface area contributed by atoms with E-state index in [4.69, 9.17) is 4.74 Å². The second-order valence-electron chi connectivity index (χ2n) is 5.21. The van der Waals surface area contributed by atoms with Crippen LogP contribution in [-0.4, -0.2) is 7.11 Å². The average molecular weight is 269 g/mol. The molecule has 1 atom stereocenters. The van der Waals surface area contributed by atoms with Crippen LogP contribution in [0.1, 0.15) is 35.2 Å². The van der Waals surface area contributed by atoms with E-state index in [1.807, 2.05) is 12.1 Å².